The van der Waals surface area contributed by atoms with Gasteiger partial charge >= 0.3 is 12.0 Å². The number of carbonyl (C=O) groups excluding carboxylic acids is 4. The number of esters is 1. The molecule has 3 amide bonds. The maximum atomic E-state index is 12.5. The van der Waals surface area contributed by atoms with Crippen molar-refractivity contribution >= 4 is 23.7 Å². The summed E-state index contributed by atoms with van der Waals surface area (Å²) in [5.41, 5.74) is 1.32. The summed E-state index contributed by atoms with van der Waals surface area (Å²) in [6, 6.07) is 7.33. The molecule has 27 heavy (non-hydrogen) atoms. The second-order valence-corrected chi connectivity index (χ2v) is 5.76. The first-order chi connectivity index (χ1) is 12.8. The number of ketones is 1. The summed E-state index contributed by atoms with van der Waals surface area (Å²) < 4.78 is 6.64. The average Bonchev–Trinajstić information content (AvgIpc) is 2.91. The third-order valence-electron chi connectivity index (χ3n) is 3.95. The highest BCUT2D eigenvalue weighted by Gasteiger charge is 2.32. The van der Waals surface area contributed by atoms with Gasteiger partial charge in [-0.25, -0.2) is 9.59 Å². The first-order valence-electron chi connectivity index (χ1n) is 8.09. The molecule has 1 heterocycles. The Hall–Kier alpha value is -3.49. The smallest absolute Gasteiger partial charge is 0.380 e. The van der Waals surface area contributed by atoms with Gasteiger partial charge in [0.05, 0.1) is 11.3 Å². The van der Waals surface area contributed by atoms with E-state index in [0.29, 0.717) is 17.0 Å². The third kappa shape index (κ3) is 4.38. The number of imide groups is 1. The van der Waals surface area contributed by atoms with Gasteiger partial charge in [0.1, 0.15) is 0 Å². The van der Waals surface area contributed by atoms with Gasteiger partial charge in [0.15, 0.2) is 0 Å². The highest BCUT2D eigenvalue weighted by atomic mass is 16.6. The molecular weight excluding hydrogens is 352 g/mol. The molecule has 0 spiro atoms. The van der Waals surface area contributed by atoms with Gasteiger partial charge in [0.25, 0.3) is 11.7 Å². The molecular formula is C18H20N4O5. The zero-order valence-corrected chi connectivity index (χ0v) is 15.4. The first kappa shape index (κ1) is 19.8. The van der Waals surface area contributed by atoms with E-state index in [-0.39, 0.29) is 5.56 Å². The Morgan fingerprint density at radius 3 is 2.26 bits per heavy atom. The number of amides is 3. The molecule has 9 nitrogen and oxygen atoms in total. The van der Waals surface area contributed by atoms with Crippen molar-refractivity contribution in [1.29, 1.82) is 0 Å². The minimum atomic E-state index is -1.46. The van der Waals surface area contributed by atoms with Crippen LogP contribution < -0.4 is 10.6 Å². The zero-order valence-electron chi connectivity index (χ0n) is 15.4. The number of hydrogen-bond donors (Lipinski definition) is 2. The molecule has 0 saturated heterocycles. The summed E-state index contributed by atoms with van der Waals surface area (Å²) in [5, 5.41) is 8.37. The summed E-state index contributed by atoms with van der Waals surface area (Å²) >= 11 is 0. The number of aryl methyl sites for hydroxylation is 2. The fourth-order valence-electron chi connectivity index (χ4n) is 2.51. The van der Waals surface area contributed by atoms with E-state index in [0.717, 1.165) is 0 Å². The molecule has 0 bridgehead atoms. The fraction of sp³-hybridized carbons (Fsp3) is 0.278. The Bertz CT molecular complexity index is 889. The van der Waals surface area contributed by atoms with E-state index in [1.807, 2.05) is 5.32 Å². The second-order valence-electron chi connectivity index (χ2n) is 5.76. The lowest BCUT2D eigenvalue weighted by Crippen LogP contribution is -2.41. The lowest BCUT2D eigenvalue weighted by molar-refractivity contribution is -0.151. The molecule has 9 heteroatoms. The van der Waals surface area contributed by atoms with Crippen LogP contribution in [0.3, 0.4) is 0 Å². The lowest BCUT2D eigenvalue weighted by Gasteiger charge is -2.17. The van der Waals surface area contributed by atoms with Crippen molar-refractivity contribution in [3.05, 3.63) is 52.8 Å². The molecule has 0 saturated carbocycles. The monoisotopic (exact) mass is 372 g/mol. The van der Waals surface area contributed by atoms with E-state index >= 15 is 0 Å². The molecule has 0 aliphatic rings. The topological polar surface area (TPSA) is 119 Å². The van der Waals surface area contributed by atoms with Crippen LogP contribution in [0, 0.1) is 13.8 Å². The predicted molar refractivity (Wildman–Crippen MR) is 94.9 cm³/mol. The van der Waals surface area contributed by atoms with Crippen molar-refractivity contribution in [3.63, 3.8) is 0 Å². The van der Waals surface area contributed by atoms with Crippen LogP contribution in [0.4, 0.5) is 4.79 Å². The number of rotatable bonds is 5. The number of nitrogens with one attached hydrogen (secondary N) is 2. The molecule has 1 aromatic carbocycles. The van der Waals surface area contributed by atoms with E-state index in [1.54, 1.807) is 51.2 Å². The van der Waals surface area contributed by atoms with Crippen LogP contribution in [-0.2, 0) is 21.4 Å². The Kier molecular flexibility index (Phi) is 6.07. The summed E-state index contributed by atoms with van der Waals surface area (Å²) in [6.45, 7) is 3.24. The largest absolute Gasteiger partial charge is 0.441 e. The van der Waals surface area contributed by atoms with E-state index in [4.69, 9.17) is 4.74 Å². The highest BCUT2D eigenvalue weighted by Crippen LogP contribution is 2.20. The molecule has 2 rings (SSSR count). The second kappa shape index (κ2) is 8.26. The van der Waals surface area contributed by atoms with Gasteiger partial charge in [0.2, 0.25) is 6.10 Å². The molecule has 2 aromatic rings. The van der Waals surface area contributed by atoms with Gasteiger partial charge in [-0.2, -0.15) is 5.10 Å². The van der Waals surface area contributed by atoms with Crippen LogP contribution in [-0.4, -0.2) is 40.5 Å². The normalized spacial score (nSPS) is 11.4. The van der Waals surface area contributed by atoms with Crippen molar-refractivity contribution in [2.24, 2.45) is 7.05 Å². The number of aromatic nitrogens is 2. The fourth-order valence-corrected chi connectivity index (χ4v) is 2.51. The molecule has 0 radical (unpaired) electrons. The lowest BCUT2D eigenvalue weighted by atomic mass is 10.1. The third-order valence-corrected chi connectivity index (χ3v) is 3.95. The highest BCUT2D eigenvalue weighted by molar-refractivity contribution is 6.41. The summed E-state index contributed by atoms with van der Waals surface area (Å²) in [6.07, 6.45) is -1.46. The number of carbonyl (C=O) groups is 4. The summed E-state index contributed by atoms with van der Waals surface area (Å²) in [7, 11) is 2.98. The van der Waals surface area contributed by atoms with Crippen LogP contribution in [0.1, 0.15) is 33.4 Å². The summed E-state index contributed by atoms with van der Waals surface area (Å²) in [5.74, 6) is -3.00. The minimum absolute atomic E-state index is 0.126. The Balaban J connectivity index is 2.29. The van der Waals surface area contributed by atoms with Crippen LogP contribution in [0.25, 0.3) is 0 Å². The Labute approximate surface area is 155 Å². The van der Waals surface area contributed by atoms with Crippen molar-refractivity contribution in [1.82, 2.24) is 20.4 Å². The maximum Gasteiger partial charge on any atom is 0.380 e. The maximum absolute atomic E-state index is 12.5. The van der Waals surface area contributed by atoms with Crippen molar-refractivity contribution < 1.29 is 23.9 Å². The van der Waals surface area contributed by atoms with E-state index in [2.05, 4.69) is 10.4 Å². The predicted octanol–water partition coefficient (Wildman–Crippen LogP) is 0.960. The van der Waals surface area contributed by atoms with Crippen LogP contribution >= 0.6 is 0 Å². The number of hydrogen-bond acceptors (Lipinski definition) is 6. The Morgan fingerprint density at radius 2 is 1.74 bits per heavy atom. The summed E-state index contributed by atoms with van der Waals surface area (Å²) in [4.78, 5) is 48.7. The van der Waals surface area contributed by atoms with Gasteiger partial charge in [-0.1, -0.05) is 30.3 Å². The minimum Gasteiger partial charge on any atom is -0.441 e. The van der Waals surface area contributed by atoms with Gasteiger partial charge in [0, 0.05) is 25.4 Å². The Morgan fingerprint density at radius 1 is 1.11 bits per heavy atom. The van der Waals surface area contributed by atoms with Crippen LogP contribution in [0.5, 0.6) is 0 Å². The van der Waals surface area contributed by atoms with Gasteiger partial charge < -0.3 is 10.1 Å². The van der Waals surface area contributed by atoms with E-state index in [9.17, 15) is 19.2 Å². The van der Waals surface area contributed by atoms with Crippen molar-refractivity contribution in [2.75, 3.05) is 7.05 Å². The first-order valence-corrected chi connectivity index (χ1v) is 8.09. The molecule has 1 unspecified atom stereocenters. The van der Waals surface area contributed by atoms with Gasteiger partial charge in [-0.3, -0.25) is 19.6 Å². The molecule has 0 aliphatic carbocycles. The molecule has 142 valence electrons. The SMILES string of the molecule is CNC(=O)NC(=O)C(OC(=O)C(=O)c1c(C)nn(C)c1C)c1ccccc1. The van der Waals surface area contributed by atoms with Gasteiger partial charge in [-0.05, 0) is 13.8 Å². The van der Waals surface area contributed by atoms with E-state index < -0.39 is 29.8 Å². The molecule has 0 aliphatic heterocycles. The number of Topliss-reactive ketones (excluding diaryl/α,β-unsaturated/α-hetero) is 1. The number of ether oxygens (including phenoxy) is 1. The van der Waals surface area contributed by atoms with Crippen molar-refractivity contribution in [3.8, 4) is 0 Å². The quantitative estimate of drug-likeness (QED) is 0.458. The standard InChI is InChI=1S/C18H20N4O5/c1-10-13(11(2)22(4)21-10)14(23)17(25)27-15(12-8-6-5-7-9-12)16(24)20-18(26)19-3/h5-9,15H,1-4H3,(H2,19,20,24,26). The van der Waals surface area contributed by atoms with Gasteiger partial charge in [-0.15, -0.1) is 0 Å². The van der Waals surface area contributed by atoms with E-state index in [1.165, 1.54) is 11.7 Å². The molecule has 2 N–H and O–H groups in total. The number of nitrogens with zero attached hydrogens (tertiary/aromatic N) is 2. The molecule has 1 atom stereocenters. The molecule has 0 fully saturated rings. The number of urea groups is 1. The average molecular weight is 372 g/mol. The van der Waals surface area contributed by atoms with Crippen LogP contribution in [0.2, 0.25) is 0 Å². The van der Waals surface area contributed by atoms with Crippen molar-refractivity contribution in [2.45, 2.75) is 20.0 Å². The zero-order chi connectivity index (χ0) is 20.1. The molecule has 1 aromatic heterocycles. The number of benzene rings is 1. The van der Waals surface area contributed by atoms with Crippen LogP contribution in [0.15, 0.2) is 30.3 Å².